The molecule has 3 aliphatic heterocycles. The third kappa shape index (κ3) is 6.59. The molecule has 2 unspecified atom stereocenters. The summed E-state index contributed by atoms with van der Waals surface area (Å²) in [6, 6.07) is 12.5. The Labute approximate surface area is 231 Å². The molecule has 2 aromatic rings. The van der Waals surface area contributed by atoms with Gasteiger partial charge >= 0.3 is 0 Å². The topological polar surface area (TPSA) is 79.0 Å². The first-order valence-corrected chi connectivity index (χ1v) is 14.5. The van der Waals surface area contributed by atoms with E-state index in [4.69, 9.17) is 4.74 Å². The number of amides is 3. The Morgan fingerprint density at radius 2 is 1.85 bits per heavy atom. The molecule has 5 rings (SSSR count). The average Bonchev–Trinajstić information content (AvgIpc) is 3.26. The van der Waals surface area contributed by atoms with Gasteiger partial charge in [0.2, 0.25) is 11.8 Å². The summed E-state index contributed by atoms with van der Waals surface area (Å²) in [6.45, 7) is 9.89. The number of unbranched alkanes of at least 4 members (excludes halogenated alkanes) is 1. The second-order valence-electron chi connectivity index (χ2n) is 11.4. The lowest BCUT2D eigenvalue weighted by Crippen LogP contribution is -2.52. The molecule has 2 saturated heterocycles. The Morgan fingerprint density at radius 3 is 2.62 bits per heavy atom. The van der Waals surface area contributed by atoms with Crippen LogP contribution in [0.3, 0.4) is 0 Å². The minimum Gasteiger partial charge on any atom is -0.379 e. The Hall–Kier alpha value is -3.03. The molecule has 0 saturated carbocycles. The highest BCUT2D eigenvalue weighted by Gasteiger charge is 2.39. The van der Waals surface area contributed by atoms with E-state index in [1.165, 1.54) is 22.3 Å². The van der Waals surface area contributed by atoms with Crippen LogP contribution in [-0.2, 0) is 33.7 Å². The molecule has 1 N–H and O–H groups in total. The van der Waals surface area contributed by atoms with Gasteiger partial charge in [-0.05, 0) is 78.8 Å². The lowest BCUT2D eigenvalue weighted by atomic mass is 9.91. The predicted molar refractivity (Wildman–Crippen MR) is 151 cm³/mol. The van der Waals surface area contributed by atoms with Gasteiger partial charge in [0.15, 0.2) is 0 Å². The number of nitrogens with zero attached hydrogens (tertiary/aromatic N) is 2. The molecule has 3 amide bonds. The van der Waals surface area contributed by atoms with Crippen molar-refractivity contribution in [3.63, 3.8) is 0 Å². The number of imide groups is 1. The van der Waals surface area contributed by atoms with Gasteiger partial charge in [0.05, 0.1) is 13.2 Å². The van der Waals surface area contributed by atoms with Crippen LogP contribution in [0.15, 0.2) is 36.4 Å². The van der Waals surface area contributed by atoms with Crippen molar-refractivity contribution < 1.29 is 19.1 Å². The van der Waals surface area contributed by atoms with Gasteiger partial charge in [-0.2, -0.15) is 0 Å². The summed E-state index contributed by atoms with van der Waals surface area (Å²) in [6.07, 6.45) is 6.15. The molecular weight excluding hydrogens is 490 g/mol. The van der Waals surface area contributed by atoms with Gasteiger partial charge in [-0.25, -0.2) is 0 Å². The third-order valence-corrected chi connectivity index (χ3v) is 8.68. The summed E-state index contributed by atoms with van der Waals surface area (Å²) >= 11 is 0. The van der Waals surface area contributed by atoms with E-state index in [1.54, 1.807) is 4.90 Å². The van der Waals surface area contributed by atoms with Crippen molar-refractivity contribution in [1.82, 2.24) is 15.1 Å². The fourth-order valence-corrected chi connectivity index (χ4v) is 6.14. The van der Waals surface area contributed by atoms with Crippen molar-refractivity contribution in [2.24, 2.45) is 0 Å². The maximum absolute atomic E-state index is 12.9. The van der Waals surface area contributed by atoms with Gasteiger partial charge in [-0.3, -0.25) is 24.6 Å². The Morgan fingerprint density at radius 1 is 1.03 bits per heavy atom. The van der Waals surface area contributed by atoms with Gasteiger partial charge < -0.3 is 9.64 Å². The zero-order chi connectivity index (χ0) is 27.4. The fraction of sp³-hybridized carbons (Fsp3) is 0.531. The Bertz CT molecular complexity index is 1220. The molecule has 0 radical (unpaired) electrons. The van der Waals surface area contributed by atoms with Crippen LogP contribution in [0.2, 0.25) is 0 Å². The van der Waals surface area contributed by atoms with E-state index >= 15 is 0 Å². The molecule has 2 atom stereocenters. The van der Waals surface area contributed by atoms with Crippen molar-refractivity contribution >= 4 is 17.7 Å². The number of ether oxygens (including phenoxy) is 1. The summed E-state index contributed by atoms with van der Waals surface area (Å²) in [7, 11) is 0. The van der Waals surface area contributed by atoms with Crippen LogP contribution in [0.4, 0.5) is 0 Å². The standard InChI is InChI=1S/C32H41N3O4/c1-22(26-9-8-25(23(2)19-26)13-14-34-15-17-39-18-16-34)5-3-4-6-24-7-10-28-27(20-24)21-35(32(28)38)29-11-12-30(36)33-31(29)37/h7-10,19-20,22,29H,3-6,11-18,21H2,1-2H3,(H,33,36,37). The minimum atomic E-state index is -0.560. The number of hydrogen-bond donors (Lipinski definition) is 1. The van der Waals surface area contributed by atoms with Crippen LogP contribution in [0.1, 0.15) is 83.1 Å². The number of carbonyl (C=O) groups is 3. The summed E-state index contributed by atoms with van der Waals surface area (Å²) in [5, 5.41) is 2.37. The number of morpholine rings is 1. The van der Waals surface area contributed by atoms with Crippen molar-refractivity contribution in [2.45, 2.75) is 77.3 Å². The third-order valence-electron chi connectivity index (χ3n) is 8.68. The van der Waals surface area contributed by atoms with Gasteiger partial charge in [0, 0.05) is 38.2 Å². The number of rotatable bonds is 10. The number of fused-ring (bicyclic) bond motifs is 1. The molecular formula is C32H41N3O4. The van der Waals surface area contributed by atoms with Gasteiger partial charge in [0.1, 0.15) is 6.04 Å². The second kappa shape index (κ2) is 12.4. The number of piperidine rings is 1. The second-order valence-corrected chi connectivity index (χ2v) is 11.4. The highest BCUT2D eigenvalue weighted by atomic mass is 16.5. The molecule has 0 aliphatic carbocycles. The zero-order valence-corrected chi connectivity index (χ0v) is 23.3. The van der Waals surface area contributed by atoms with Crippen molar-refractivity contribution in [1.29, 1.82) is 0 Å². The Balaban J connectivity index is 1.08. The SMILES string of the molecule is Cc1cc(C(C)CCCCc2ccc3c(c2)CN(C2CCC(=O)NC2=O)C3=O)ccc1CCN1CCOCC1. The van der Waals surface area contributed by atoms with Crippen LogP contribution in [0.5, 0.6) is 0 Å². The first-order valence-electron chi connectivity index (χ1n) is 14.5. The van der Waals surface area contributed by atoms with Crippen molar-refractivity contribution in [3.05, 3.63) is 69.8 Å². The normalized spacial score (nSPS) is 20.7. The first-order chi connectivity index (χ1) is 18.9. The molecule has 2 aromatic carbocycles. The van der Waals surface area contributed by atoms with E-state index in [-0.39, 0.29) is 24.1 Å². The molecule has 208 valence electrons. The van der Waals surface area contributed by atoms with Gasteiger partial charge in [-0.1, -0.05) is 43.7 Å². The Kier molecular flexibility index (Phi) is 8.78. The highest BCUT2D eigenvalue weighted by molar-refractivity contribution is 6.05. The van der Waals surface area contributed by atoms with E-state index in [9.17, 15) is 14.4 Å². The molecule has 0 aromatic heterocycles. The van der Waals surface area contributed by atoms with Crippen LogP contribution < -0.4 is 5.32 Å². The van der Waals surface area contributed by atoms with Crippen LogP contribution in [-0.4, -0.2) is 66.4 Å². The lowest BCUT2D eigenvalue weighted by molar-refractivity contribution is -0.136. The van der Waals surface area contributed by atoms with E-state index in [0.717, 1.165) is 70.5 Å². The maximum Gasteiger partial charge on any atom is 0.255 e. The zero-order valence-electron chi connectivity index (χ0n) is 23.3. The predicted octanol–water partition coefficient (Wildman–Crippen LogP) is 4.15. The largest absolute Gasteiger partial charge is 0.379 e. The molecule has 0 bridgehead atoms. The minimum absolute atomic E-state index is 0.109. The highest BCUT2D eigenvalue weighted by Crippen LogP contribution is 2.29. The molecule has 7 heteroatoms. The molecule has 2 fully saturated rings. The number of aryl methyl sites for hydroxylation is 2. The van der Waals surface area contributed by atoms with E-state index in [1.807, 2.05) is 12.1 Å². The van der Waals surface area contributed by atoms with Crippen molar-refractivity contribution in [3.8, 4) is 0 Å². The smallest absolute Gasteiger partial charge is 0.255 e. The number of hydrogen-bond acceptors (Lipinski definition) is 5. The van der Waals surface area contributed by atoms with Crippen LogP contribution >= 0.6 is 0 Å². The average molecular weight is 532 g/mol. The van der Waals surface area contributed by atoms with E-state index in [2.05, 4.69) is 48.3 Å². The maximum atomic E-state index is 12.9. The summed E-state index contributed by atoms with van der Waals surface area (Å²) in [4.78, 5) is 40.8. The number of carbonyl (C=O) groups excluding carboxylic acids is 3. The quantitative estimate of drug-likeness (QED) is 0.368. The molecule has 7 nitrogen and oxygen atoms in total. The van der Waals surface area contributed by atoms with Crippen molar-refractivity contribution in [2.75, 3.05) is 32.8 Å². The number of benzene rings is 2. The van der Waals surface area contributed by atoms with Gasteiger partial charge in [0.25, 0.3) is 5.91 Å². The summed E-state index contributed by atoms with van der Waals surface area (Å²) in [5.74, 6) is -0.206. The molecule has 3 heterocycles. The monoisotopic (exact) mass is 531 g/mol. The van der Waals surface area contributed by atoms with E-state index in [0.29, 0.717) is 24.4 Å². The van der Waals surface area contributed by atoms with Crippen LogP contribution in [0.25, 0.3) is 0 Å². The first kappa shape index (κ1) is 27.5. The number of nitrogens with one attached hydrogen (secondary N) is 1. The van der Waals surface area contributed by atoms with E-state index < -0.39 is 6.04 Å². The summed E-state index contributed by atoms with van der Waals surface area (Å²) in [5.41, 5.74) is 7.17. The van der Waals surface area contributed by atoms with Gasteiger partial charge in [-0.15, -0.1) is 0 Å². The molecule has 39 heavy (non-hydrogen) atoms. The lowest BCUT2D eigenvalue weighted by Gasteiger charge is -2.29. The molecule has 3 aliphatic rings. The summed E-state index contributed by atoms with van der Waals surface area (Å²) < 4.78 is 5.46. The fourth-order valence-electron chi connectivity index (χ4n) is 6.14. The molecule has 0 spiro atoms. The van der Waals surface area contributed by atoms with Crippen LogP contribution in [0, 0.1) is 6.92 Å².